The van der Waals surface area contributed by atoms with Crippen LogP contribution in [0.25, 0.3) is 0 Å². The summed E-state index contributed by atoms with van der Waals surface area (Å²) in [5.41, 5.74) is 2.25. The van der Waals surface area contributed by atoms with Gasteiger partial charge in [0.15, 0.2) is 17.3 Å². The molecule has 4 aliphatic rings. The second-order valence-electron chi connectivity index (χ2n) is 16.5. The van der Waals surface area contributed by atoms with Crippen LogP contribution in [0.2, 0.25) is 18.1 Å². The Balaban J connectivity index is 1.44. The van der Waals surface area contributed by atoms with Crippen LogP contribution in [-0.2, 0) is 33.8 Å². The first kappa shape index (κ1) is 35.7. The number of hydrogen-bond acceptors (Lipinski definition) is 8. The average Bonchev–Trinajstić information content (AvgIpc) is 3.66. The Morgan fingerprint density at radius 3 is 2.24 bits per heavy atom. The lowest BCUT2D eigenvalue weighted by atomic mass is 9.47. The largest absolute Gasteiger partial charge is 0.543 e. The molecule has 2 heterocycles. The van der Waals surface area contributed by atoms with Gasteiger partial charge in [0.05, 0.1) is 46.7 Å². The van der Waals surface area contributed by atoms with Crippen molar-refractivity contribution in [1.82, 2.24) is 4.90 Å². The smallest absolute Gasteiger partial charge is 0.255 e. The molecule has 2 saturated carbocycles. The summed E-state index contributed by atoms with van der Waals surface area (Å²) in [6, 6.07) is 7.61. The van der Waals surface area contributed by atoms with Crippen LogP contribution in [0.3, 0.4) is 0 Å². The predicted octanol–water partition coefficient (Wildman–Crippen LogP) is 7.71. The van der Waals surface area contributed by atoms with E-state index in [0.29, 0.717) is 67.7 Å². The lowest BCUT2D eigenvalue weighted by Crippen LogP contribution is -2.62. The lowest BCUT2D eigenvalue weighted by Gasteiger charge is -2.60. The Morgan fingerprint density at radius 1 is 0.939 bits per heavy atom. The number of hydrogen-bond donors (Lipinski definition) is 0. The zero-order chi connectivity index (χ0) is 35.6. The van der Waals surface area contributed by atoms with Crippen molar-refractivity contribution in [3.63, 3.8) is 0 Å². The number of Topliss-reactive ketones (excluding diaryl/α,β-unsaturated/α-hetero) is 1. The lowest BCUT2D eigenvalue weighted by molar-refractivity contribution is -0.286. The molecule has 0 aromatic heterocycles. The quantitative estimate of drug-likeness (QED) is 0.247. The van der Waals surface area contributed by atoms with Gasteiger partial charge in [-0.1, -0.05) is 40.7 Å². The maximum atomic E-state index is 14.3. The van der Waals surface area contributed by atoms with E-state index >= 15 is 0 Å². The number of nitrogens with zero attached hydrogens (tertiary/aromatic N) is 1. The zero-order valence-electron chi connectivity index (χ0n) is 31.2. The van der Waals surface area contributed by atoms with E-state index in [0.717, 1.165) is 42.4 Å². The SMILES string of the molecule is COc1ccc(CN2Cc3c(cc(OC)c(C[C@]4(C)C(=O)CC[C@@]5(C)[C@H]4CCCC54OCCO4)c3O[Si](C)(C)C(C)(C)C)C2=O)cc1OC. The molecule has 2 aliphatic carbocycles. The highest BCUT2D eigenvalue weighted by molar-refractivity contribution is 6.74. The van der Waals surface area contributed by atoms with Gasteiger partial charge in [-0.15, -0.1) is 0 Å². The summed E-state index contributed by atoms with van der Waals surface area (Å²) in [5, 5.41) is -0.0990. The summed E-state index contributed by atoms with van der Waals surface area (Å²) < 4.78 is 37.2. The second-order valence-corrected chi connectivity index (χ2v) is 21.2. The molecule has 1 amide bonds. The Bertz CT molecular complexity index is 1630. The van der Waals surface area contributed by atoms with Crippen LogP contribution in [0.1, 0.15) is 93.8 Å². The first-order chi connectivity index (χ1) is 23.0. The second kappa shape index (κ2) is 12.6. The van der Waals surface area contributed by atoms with Gasteiger partial charge < -0.3 is 33.0 Å². The Kier molecular flexibility index (Phi) is 9.19. The molecule has 3 fully saturated rings. The number of ether oxygens (including phenoxy) is 5. The molecule has 268 valence electrons. The van der Waals surface area contributed by atoms with Crippen molar-refractivity contribution < 1.29 is 37.7 Å². The molecule has 49 heavy (non-hydrogen) atoms. The molecule has 2 aromatic carbocycles. The molecule has 1 saturated heterocycles. The number of fused-ring (bicyclic) bond motifs is 3. The van der Waals surface area contributed by atoms with Crippen molar-refractivity contribution in [2.24, 2.45) is 16.7 Å². The molecular formula is C39H55NO8Si. The van der Waals surface area contributed by atoms with Crippen molar-refractivity contribution in [3.8, 4) is 23.0 Å². The number of benzene rings is 2. The molecular weight excluding hydrogens is 639 g/mol. The highest BCUT2D eigenvalue weighted by Crippen LogP contribution is 2.64. The predicted molar refractivity (Wildman–Crippen MR) is 190 cm³/mol. The molecule has 0 bridgehead atoms. The summed E-state index contributed by atoms with van der Waals surface area (Å²) in [7, 11) is 2.44. The zero-order valence-corrected chi connectivity index (χ0v) is 32.2. The van der Waals surface area contributed by atoms with E-state index in [-0.39, 0.29) is 28.1 Å². The van der Waals surface area contributed by atoms with Gasteiger partial charge in [-0.2, -0.15) is 0 Å². The van der Waals surface area contributed by atoms with Crippen LogP contribution >= 0.6 is 0 Å². The highest BCUT2D eigenvalue weighted by Gasteiger charge is 2.65. The van der Waals surface area contributed by atoms with Gasteiger partial charge in [0.1, 0.15) is 17.3 Å². The third-order valence-electron chi connectivity index (χ3n) is 12.7. The maximum Gasteiger partial charge on any atom is 0.255 e. The first-order valence-electron chi connectivity index (χ1n) is 17.8. The van der Waals surface area contributed by atoms with E-state index in [1.165, 1.54) is 0 Å². The van der Waals surface area contributed by atoms with Crippen molar-refractivity contribution in [2.45, 2.75) is 110 Å². The van der Waals surface area contributed by atoms with Gasteiger partial charge >= 0.3 is 0 Å². The molecule has 2 aromatic rings. The topological polar surface area (TPSA) is 92.8 Å². The minimum atomic E-state index is -2.42. The number of carbonyl (C=O) groups excluding carboxylic acids is 2. The van der Waals surface area contributed by atoms with E-state index < -0.39 is 19.5 Å². The number of ketones is 1. The summed E-state index contributed by atoms with van der Waals surface area (Å²) in [5.74, 6) is 2.14. The van der Waals surface area contributed by atoms with Crippen molar-refractivity contribution in [2.75, 3.05) is 34.5 Å². The van der Waals surface area contributed by atoms with E-state index in [4.69, 9.17) is 28.1 Å². The van der Waals surface area contributed by atoms with Crippen molar-refractivity contribution in [3.05, 3.63) is 46.5 Å². The molecule has 0 unspecified atom stereocenters. The molecule has 6 rings (SSSR count). The van der Waals surface area contributed by atoms with Crippen LogP contribution in [0, 0.1) is 16.7 Å². The van der Waals surface area contributed by atoms with Crippen LogP contribution in [0.5, 0.6) is 23.0 Å². The third kappa shape index (κ3) is 5.75. The van der Waals surface area contributed by atoms with E-state index in [1.807, 2.05) is 29.2 Å². The summed E-state index contributed by atoms with van der Waals surface area (Å²) in [4.78, 5) is 30.3. The van der Waals surface area contributed by atoms with E-state index in [9.17, 15) is 9.59 Å². The van der Waals surface area contributed by atoms with Crippen molar-refractivity contribution >= 4 is 20.0 Å². The van der Waals surface area contributed by atoms with Gasteiger partial charge in [0.2, 0.25) is 0 Å². The van der Waals surface area contributed by atoms with Gasteiger partial charge in [0.25, 0.3) is 14.2 Å². The Morgan fingerprint density at radius 2 is 1.61 bits per heavy atom. The molecule has 10 heteroatoms. The molecule has 1 spiro atoms. The monoisotopic (exact) mass is 693 g/mol. The minimum absolute atomic E-state index is 0.0509. The van der Waals surface area contributed by atoms with Crippen LogP contribution in [0.4, 0.5) is 0 Å². The molecule has 0 N–H and O–H groups in total. The number of methoxy groups -OCH3 is 3. The van der Waals surface area contributed by atoms with Crippen LogP contribution in [-0.4, -0.2) is 65.2 Å². The van der Waals surface area contributed by atoms with Gasteiger partial charge in [-0.25, -0.2) is 0 Å². The fourth-order valence-electron chi connectivity index (χ4n) is 8.88. The Hall–Kier alpha value is -3.08. The summed E-state index contributed by atoms with van der Waals surface area (Å²) in [6.07, 6.45) is 4.39. The van der Waals surface area contributed by atoms with Gasteiger partial charge in [0, 0.05) is 41.3 Å². The van der Waals surface area contributed by atoms with Gasteiger partial charge in [-0.3, -0.25) is 9.59 Å². The fourth-order valence-corrected chi connectivity index (χ4v) is 9.94. The molecule has 2 aliphatic heterocycles. The van der Waals surface area contributed by atoms with E-state index in [1.54, 1.807) is 21.3 Å². The summed E-state index contributed by atoms with van der Waals surface area (Å²) >= 11 is 0. The normalized spacial score (nSPS) is 26.5. The van der Waals surface area contributed by atoms with E-state index in [2.05, 4.69) is 47.7 Å². The highest BCUT2D eigenvalue weighted by atomic mass is 28.4. The van der Waals surface area contributed by atoms with Gasteiger partial charge in [-0.05, 0) is 73.5 Å². The average molecular weight is 694 g/mol. The Labute approximate surface area is 293 Å². The van der Waals surface area contributed by atoms with Crippen molar-refractivity contribution in [1.29, 1.82) is 0 Å². The number of carbonyl (C=O) groups is 2. The minimum Gasteiger partial charge on any atom is -0.543 e. The summed E-state index contributed by atoms with van der Waals surface area (Å²) in [6.45, 7) is 17.5. The van der Waals surface area contributed by atoms with Crippen LogP contribution in [0.15, 0.2) is 24.3 Å². The third-order valence-corrected chi connectivity index (χ3v) is 17.1. The number of amides is 1. The molecule has 9 nitrogen and oxygen atoms in total. The standard InChI is InChI=1S/C39H55NO8Si/c1-36(2,3)49(9,10)48-34-27(22-37(4)32-12-11-16-39(46-18-19-47-39)38(32,5)17-15-33(37)41)30(44-7)21-26-28(34)24-40(35(26)42)23-25-13-14-29(43-6)31(20-25)45-8/h13-14,20-21,32H,11-12,15-19,22-24H2,1-10H3/t32-,37-,38-/m0/s1. The molecule has 3 atom stereocenters. The molecule has 0 radical (unpaired) electrons. The number of rotatable bonds is 9. The fraction of sp³-hybridized carbons (Fsp3) is 0.641. The van der Waals surface area contributed by atoms with Crippen LogP contribution < -0.4 is 18.6 Å². The maximum absolute atomic E-state index is 14.3. The first-order valence-corrected chi connectivity index (χ1v) is 20.7.